The molecule has 2 N–H and O–H groups in total. The third kappa shape index (κ3) is 5.80. The summed E-state index contributed by atoms with van der Waals surface area (Å²) in [6, 6.07) is -1.31. The maximum atomic E-state index is 12.3. The van der Waals surface area contributed by atoms with Gasteiger partial charge in [0, 0.05) is 19.6 Å². The Morgan fingerprint density at radius 3 is 2.27 bits per heavy atom. The summed E-state index contributed by atoms with van der Waals surface area (Å²) < 4.78 is 36.7. The standard InChI is InChI=1S/C13H22F3N3O3/c1-3-19(7-6-18(2)8-13(14,15)16)11(20)9-4-5-10(17-9)12(21)22/h9-10,17H,3-8H2,1-2H3,(H,21,22)/t9-,10+/m1/s1. The van der Waals surface area contributed by atoms with Crippen LogP contribution in [0.1, 0.15) is 19.8 Å². The highest BCUT2D eigenvalue weighted by Gasteiger charge is 2.35. The number of carbonyl (C=O) groups excluding carboxylic acids is 1. The van der Waals surface area contributed by atoms with Crippen LogP contribution in [0.2, 0.25) is 0 Å². The van der Waals surface area contributed by atoms with Crippen molar-refractivity contribution >= 4 is 11.9 Å². The molecule has 1 aliphatic rings. The predicted molar refractivity (Wildman–Crippen MR) is 73.4 cm³/mol. The first-order valence-electron chi connectivity index (χ1n) is 7.17. The van der Waals surface area contributed by atoms with Crippen molar-refractivity contribution < 1.29 is 27.9 Å². The first kappa shape index (κ1) is 18.7. The quantitative estimate of drug-likeness (QED) is 0.715. The van der Waals surface area contributed by atoms with Crippen LogP contribution in [-0.4, -0.2) is 78.3 Å². The van der Waals surface area contributed by atoms with Gasteiger partial charge >= 0.3 is 12.1 Å². The van der Waals surface area contributed by atoms with Crippen LogP contribution in [-0.2, 0) is 9.59 Å². The number of rotatable bonds is 7. The van der Waals surface area contributed by atoms with E-state index in [1.165, 1.54) is 11.9 Å². The molecule has 1 saturated heterocycles. The zero-order valence-corrected chi connectivity index (χ0v) is 12.7. The number of amides is 1. The predicted octanol–water partition coefficient (Wildman–Crippen LogP) is 0.534. The maximum absolute atomic E-state index is 12.3. The third-order valence-corrected chi connectivity index (χ3v) is 3.64. The van der Waals surface area contributed by atoms with Gasteiger partial charge in [-0.05, 0) is 26.8 Å². The van der Waals surface area contributed by atoms with Crippen LogP contribution in [0.5, 0.6) is 0 Å². The van der Waals surface area contributed by atoms with Crippen molar-refractivity contribution in [2.24, 2.45) is 0 Å². The molecule has 0 aliphatic carbocycles. The highest BCUT2D eigenvalue weighted by Crippen LogP contribution is 2.16. The second-order valence-electron chi connectivity index (χ2n) is 5.46. The van der Waals surface area contributed by atoms with Gasteiger partial charge in [-0.3, -0.25) is 19.8 Å². The molecule has 0 radical (unpaired) electrons. The minimum absolute atomic E-state index is 0.105. The largest absolute Gasteiger partial charge is 0.480 e. The van der Waals surface area contributed by atoms with Gasteiger partial charge in [0.05, 0.1) is 12.6 Å². The number of alkyl halides is 3. The van der Waals surface area contributed by atoms with Crippen molar-refractivity contribution in [2.75, 3.05) is 33.2 Å². The van der Waals surface area contributed by atoms with E-state index in [9.17, 15) is 22.8 Å². The lowest BCUT2D eigenvalue weighted by atomic mass is 10.2. The van der Waals surface area contributed by atoms with Gasteiger partial charge in [0.2, 0.25) is 5.91 Å². The molecule has 0 spiro atoms. The normalized spacial score (nSPS) is 22.1. The van der Waals surface area contributed by atoms with Gasteiger partial charge in [0.25, 0.3) is 0 Å². The molecule has 1 amide bonds. The Kier molecular flexibility index (Phi) is 6.61. The fraction of sp³-hybridized carbons (Fsp3) is 0.846. The summed E-state index contributed by atoms with van der Waals surface area (Å²) in [6.07, 6.45) is -3.47. The van der Waals surface area contributed by atoms with Crippen LogP contribution in [0, 0.1) is 0 Å². The van der Waals surface area contributed by atoms with Crippen LogP contribution >= 0.6 is 0 Å². The highest BCUT2D eigenvalue weighted by molar-refractivity contribution is 5.84. The molecule has 1 aliphatic heterocycles. The Morgan fingerprint density at radius 2 is 1.82 bits per heavy atom. The van der Waals surface area contributed by atoms with Crippen LogP contribution in [0.4, 0.5) is 13.2 Å². The van der Waals surface area contributed by atoms with E-state index in [2.05, 4.69) is 5.32 Å². The van der Waals surface area contributed by atoms with Gasteiger partial charge < -0.3 is 10.0 Å². The molecule has 0 saturated carbocycles. The average molecular weight is 325 g/mol. The van der Waals surface area contributed by atoms with Crippen LogP contribution < -0.4 is 5.32 Å². The number of nitrogens with zero attached hydrogens (tertiary/aromatic N) is 2. The van der Waals surface area contributed by atoms with Gasteiger partial charge in [0.15, 0.2) is 0 Å². The number of halogens is 3. The topological polar surface area (TPSA) is 72.9 Å². The SMILES string of the molecule is CCN(CCN(C)CC(F)(F)F)C(=O)[C@H]1CC[C@@H](C(=O)O)N1. The number of aliphatic carboxylic acids is 1. The van der Waals surface area contributed by atoms with E-state index in [0.717, 1.165) is 4.90 Å². The number of hydrogen-bond donors (Lipinski definition) is 2. The molecular formula is C13H22F3N3O3. The van der Waals surface area contributed by atoms with Crippen LogP contribution in [0.3, 0.4) is 0 Å². The minimum Gasteiger partial charge on any atom is -0.480 e. The number of hydrogen-bond acceptors (Lipinski definition) is 4. The summed E-state index contributed by atoms with van der Waals surface area (Å²) in [5.41, 5.74) is 0. The third-order valence-electron chi connectivity index (χ3n) is 3.64. The average Bonchev–Trinajstić information content (AvgIpc) is 2.86. The first-order chi connectivity index (χ1) is 10.1. The second kappa shape index (κ2) is 7.77. The van der Waals surface area contributed by atoms with Crippen molar-refractivity contribution in [2.45, 2.75) is 38.0 Å². The number of nitrogens with one attached hydrogen (secondary N) is 1. The molecule has 0 aromatic heterocycles. The molecule has 22 heavy (non-hydrogen) atoms. The second-order valence-corrected chi connectivity index (χ2v) is 5.46. The molecule has 0 unspecified atom stereocenters. The Hall–Kier alpha value is -1.35. The summed E-state index contributed by atoms with van der Waals surface area (Å²) in [4.78, 5) is 25.7. The van der Waals surface area contributed by atoms with Crippen molar-refractivity contribution in [1.82, 2.24) is 15.1 Å². The molecule has 2 atom stereocenters. The van der Waals surface area contributed by atoms with Gasteiger partial charge in [-0.15, -0.1) is 0 Å². The lowest BCUT2D eigenvalue weighted by Crippen LogP contribution is -2.48. The molecule has 9 heteroatoms. The lowest BCUT2D eigenvalue weighted by Gasteiger charge is -2.27. The summed E-state index contributed by atoms with van der Waals surface area (Å²) in [5.74, 6) is -1.25. The zero-order valence-electron chi connectivity index (χ0n) is 12.7. The number of carboxylic acid groups (broad SMARTS) is 1. The Labute approximate surface area is 127 Å². The zero-order chi connectivity index (χ0) is 16.9. The summed E-state index contributed by atoms with van der Waals surface area (Å²) >= 11 is 0. The molecule has 0 aromatic carbocycles. The van der Waals surface area contributed by atoms with E-state index in [1.54, 1.807) is 6.92 Å². The summed E-state index contributed by atoms with van der Waals surface area (Å²) in [7, 11) is 1.35. The van der Waals surface area contributed by atoms with Crippen molar-refractivity contribution in [1.29, 1.82) is 0 Å². The van der Waals surface area contributed by atoms with Crippen LogP contribution in [0.15, 0.2) is 0 Å². The number of carboxylic acids is 1. The van der Waals surface area contributed by atoms with Gasteiger partial charge in [-0.25, -0.2) is 0 Å². The number of carbonyl (C=O) groups is 2. The van der Waals surface area contributed by atoms with E-state index in [1.807, 2.05) is 0 Å². The molecule has 6 nitrogen and oxygen atoms in total. The molecule has 128 valence electrons. The van der Waals surface area contributed by atoms with E-state index >= 15 is 0 Å². The molecular weight excluding hydrogens is 303 g/mol. The van der Waals surface area contributed by atoms with E-state index in [0.29, 0.717) is 19.4 Å². The van der Waals surface area contributed by atoms with E-state index in [4.69, 9.17) is 5.11 Å². The van der Waals surface area contributed by atoms with E-state index in [-0.39, 0.29) is 19.0 Å². The van der Waals surface area contributed by atoms with Crippen molar-refractivity contribution in [3.05, 3.63) is 0 Å². The van der Waals surface area contributed by atoms with Crippen molar-refractivity contribution in [3.63, 3.8) is 0 Å². The molecule has 1 fully saturated rings. The lowest BCUT2D eigenvalue weighted by molar-refractivity contribution is -0.144. The summed E-state index contributed by atoms with van der Waals surface area (Å²) in [6.45, 7) is 1.37. The maximum Gasteiger partial charge on any atom is 0.401 e. The number of likely N-dealkylation sites (N-methyl/N-ethyl adjacent to an activating group) is 2. The molecule has 0 aromatic rings. The fourth-order valence-corrected chi connectivity index (χ4v) is 2.45. The molecule has 1 rings (SSSR count). The van der Waals surface area contributed by atoms with Gasteiger partial charge in [-0.1, -0.05) is 0 Å². The van der Waals surface area contributed by atoms with Crippen LogP contribution in [0.25, 0.3) is 0 Å². The fourth-order valence-electron chi connectivity index (χ4n) is 2.45. The molecule has 1 heterocycles. The van der Waals surface area contributed by atoms with Gasteiger partial charge in [-0.2, -0.15) is 13.2 Å². The minimum atomic E-state index is -4.27. The molecule has 0 bridgehead atoms. The first-order valence-corrected chi connectivity index (χ1v) is 7.17. The van der Waals surface area contributed by atoms with Gasteiger partial charge in [0.1, 0.15) is 6.04 Å². The van der Waals surface area contributed by atoms with E-state index < -0.39 is 30.8 Å². The highest BCUT2D eigenvalue weighted by atomic mass is 19.4. The van der Waals surface area contributed by atoms with Crippen molar-refractivity contribution in [3.8, 4) is 0 Å². The Morgan fingerprint density at radius 1 is 1.23 bits per heavy atom. The Bertz CT molecular complexity index is 404. The smallest absolute Gasteiger partial charge is 0.401 e. The summed E-state index contributed by atoms with van der Waals surface area (Å²) in [5, 5.41) is 11.6. The Balaban J connectivity index is 2.47. The monoisotopic (exact) mass is 325 g/mol.